The monoisotopic (exact) mass is 367 g/mol. The Kier molecular flexibility index (Phi) is 4.38. The lowest BCUT2D eigenvalue weighted by atomic mass is 10.1. The topological polar surface area (TPSA) is 59.4 Å². The maximum Gasteiger partial charge on any atom is 0.573 e. The number of nitrogens with zero attached hydrogens (tertiary/aromatic N) is 1. The first-order valence-corrected chi connectivity index (χ1v) is 8.11. The molecule has 130 valence electrons. The quantitative estimate of drug-likeness (QED) is 0.695. The molecule has 0 aliphatic heterocycles. The lowest BCUT2D eigenvalue weighted by molar-refractivity contribution is -0.274. The summed E-state index contributed by atoms with van der Waals surface area (Å²) in [6.45, 7) is 2.01. The van der Waals surface area contributed by atoms with Crippen LogP contribution in [0, 0.1) is 0 Å². The fourth-order valence-electron chi connectivity index (χ4n) is 2.41. The van der Waals surface area contributed by atoms with Gasteiger partial charge in [-0.2, -0.15) is 0 Å². The molecule has 3 rings (SSSR count). The minimum atomic E-state index is -4.85. The molecule has 8 heteroatoms. The van der Waals surface area contributed by atoms with E-state index in [9.17, 15) is 23.1 Å². The number of thiophene rings is 1. The number of aromatic nitrogens is 1. The van der Waals surface area contributed by atoms with Gasteiger partial charge in [-0.05, 0) is 42.8 Å². The Hall–Kier alpha value is -2.61. The number of rotatable bonds is 4. The van der Waals surface area contributed by atoms with Crippen molar-refractivity contribution in [3.05, 3.63) is 46.8 Å². The van der Waals surface area contributed by atoms with Gasteiger partial charge in [0.15, 0.2) is 0 Å². The van der Waals surface area contributed by atoms with Crippen molar-refractivity contribution in [3.63, 3.8) is 0 Å². The average Bonchev–Trinajstić information content (AvgIpc) is 3.01. The normalized spacial score (nSPS) is 11.7. The molecule has 2 heterocycles. The van der Waals surface area contributed by atoms with E-state index in [0.717, 1.165) is 28.3 Å². The third-order valence-corrected chi connectivity index (χ3v) is 4.76. The number of benzene rings is 1. The summed E-state index contributed by atoms with van der Waals surface area (Å²) in [5.74, 6) is -1.73. The zero-order valence-electron chi connectivity index (χ0n) is 12.9. The maximum atomic E-state index is 12.4. The van der Waals surface area contributed by atoms with Crippen LogP contribution in [-0.2, 0) is 6.42 Å². The van der Waals surface area contributed by atoms with Crippen molar-refractivity contribution in [3.8, 4) is 16.3 Å². The van der Waals surface area contributed by atoms with Crippen LogP contribution in [0.3, 0.4) is 0 Å². The van der Waals surface area contributed by atoms with Gasteiger partial charge in [-0.3, -0.25) is 0 Å². The number of ether oxygens (including phenoxy) is 1. The van der Waals surface area contributed by atoms with Crippen LogP contribution in [0.2, 0.25) is 0 Å². The standard InChI is InChI=1S/C17H12F3NO3S/c1-2-10-4-6-15(25-10)14-8-12(16(22)23)11-7-9(24-17(18,19)20)3-5-13(11)21-14/h3-8H,2H2,1H3,(H,22,23). The SMILES string of the molecule is CCc1ccc(-c2cc(C(=O)O)c3cc(OC(F)(F)F)ccc3n2)s1. The van der Waals surface area contributed by atoms with Crippen LogP contribution >= 0.6 is 11.3 Å². The molecule has 0 saturated heterocycles. The summed E-state index contributed by atoms with van der Waals surface area (Å²) in [6.07, 6.45) is -4.00. The fraction of sp³-hybridized carbons (Fsp3) is 0.176. The molecule has 0 saturated carbocycles. The van der Waals surface area contributed by atoms with E-state index in [-0.39, 0.29) is 16.5 Å². The highest BCUT2D eigenvalue weighted by atomic mass is 32.1. The molecule has 2 aromatic heterocycles. The molecule has 0 radical (unpaired) electrons. The van der Waals surface area contributed by atoms with Crippen LogP contribution in [0.25, 0.3) is 21.5 Å². The van der Waals surface area contributed by atoms with E-state index in [4.69, 9.17) is 0 Å². The lowest BCUT2D eigenvalue weighted by Crippen LogP contribution is -2.17. The highest BCUT2D eigenvalue weighted by Gasteiger charge is 2.31. The molecule has 0 aliphatic rings. The first kappa shape index (κ1) is 17.2. The Morgan fingerprint density at radius 2 is 2.00 bits per heavy atom. The zero-order valence-corrected chi connectivity index (χ0v) is 13.7. The first-order chi connectivity index (χ1) is 11.8. The molecule has 0 amide bonds. The third-order valence-electron chi connectivity index (χ3n) is 3.51. The Morgan fingerprint density at radius 3 is 2.60 bits per heavy atom. The molecule has 0 unspecified atom stereocenters. The minimum Gasteiger partial charge on any atom is -0.478 e. The molecule has 0 aliphatic carbocycles. The second-order valence-electron chi connectivity index (χ2n) is 5.21. The number of fused-ring (bicyclic) bond motifs is 1. The number of carboxylic acids is 1. The van der Waals surface area contributed by atoms with Gasteiger partial charge in [-0.25, -0.2) is 9.78 Å². The Morgan fingerprint density at radius 1 is 1.24 bits per heavy atom. The van der Waals surface area contributed by atoms with E-state index in [1.54, 1.807) is 0 Å². The Bertz CT molecular complexity index is 950. The van der Waals surface area contributed by atoms with Crippen LogP contribution in [0.15, 0.2) is 36.4 Å². The van der Waals surface area contributed by atoms with Crippen molar-refractivity contribution < 1.29 is 27.8 Å². The van der Waals surface area contributed by atoms with Gasteiger partial charge in [0.1, 0.15) is 5.75 Å². The van der Waals surface area contributed by atoms with Gasteiger partial charge in [0, 0.05) is 10.3 Å². The summed E-state index contributed by atoms with van der Waals surface area (Å²) in [4.78, 5) is 17.9. The van der Waals surface area contributed by atoms with Crippen LogP contribution in [0.1, 0.15) is 22.2 Å². The molecule has 25 heavy (non-hydrogen) atoms. The lowest BCUT2D eigenvalue weighted by Gasteiger charge is -2.11. The smallest absolute Gasteiger partial charge is 0.478 e. The maximum absolute atomic E-state index is 12.4. The van der Waals surface area contributed by atoms with E-state index < -0.39 is 18.1 Å². The van der Waals surface area contributed by atoms with Crippen molar-refractivity contribution in [2.75, 3.05) is 0 Å². The van der Waals surface area contributed by atoms with Crippen molar-refractivity contribution in [1.29, 1.82) is 0 Å². The van der Waals surface area contributed by atoms with Crippen LogP contribution in [0.4, 0.5) is 13.2 Å². The first-order valence-electron chi connectivity index (χ1n) is 7.30. The van der Waals surface area contributed by atoms with E-state index >= 15 is 0 Å². The second kappa shape index (κ2) is 6.36. The van der Waals surface area contributed by atoms with Crippen LogP contribution < -0.4 is 4.74 Å². The number of pyridine rings is 1. The number of halogens is 3. The molecule has 0 fully saturated rings. The number of carboxylic acid groups (broad SMARTS) is 1. The van der Waals surface area contributed by atoms with Gasteiger partial charge in [0.05, 0.1) is 21.7 Å². The molecule has 3 aromatic rings. The molecular weight excluding hydrogens is 355 g/mol. The average molecular weight is 367 g/mol. The minimum absolute atomic E-state index is 0.0882. The van der Waals surface area contributed by atoms with Gasteiger partial charge in [-0.1, -0.05) is 6.92 Å². The van der Waals surface area contributed by atoms with Crippen molar-refractivity contribution in [2.45, 2.75) is 19.7 Å². The molecule has 4 nitrogen and oxygen atoms in total. The summed E-state index contributed by atoms with van der Waals surface area (Å²) in [5, 5.41) is 9.53. The highest BCUT2D eigenvalue weighted by Crippen LogP contribution is 2.32. The summed E-state index contributed by atoms with van der Waals surface area (Å²) in [6, 6.07) is 8.63. The Labute approximate surface area is 144 Å². The highest BCUT2D eigenvalue weighted by molar-refractivity contribution is 7.15. The van der Waals surface area contributed by atoms with Gasteiger partial charge in [0.25, 0.3) is 0 Å². The number of carbonyl (C=O) groups is 1. The van der Waals surface area contributed by atoms with Crippen LogP contribution in [0.5, 0.6) is 5.75 Å². The third kappa shape index (κ3) is 3.74. The Balaban J connectivity index is 2.14. The number of hydrogen-bond acceptors (Lipinski definition) is 4. The molecule has 0 atom stereocenters. The van der Waals surface area contributed by atoms with Gasteiger partial charge >= 0.3 is 12.3 Å². The van der Waals surface area contributed by atoms with Crippen LogP contribution in [-0.4, -0.2) is 22.4 Å². The second-order valence-corrected chi connectivity index (χ2v) is 6.37. The largest absolute Gasteiger partial charge is 0.573 e. The van der Waals surface area contributed by atoms with E-state index in [2.05, 4.69) is 9.72 Å². The summed E-state index contributed by atoms with van der Waals surface area (Å²) >= 11 is 1.50. The summed E-state index contributed by atoms with van der Waals surface area (Å²) in [5.41, 5.74) is 0.633. The number of hydrogen-bond donors (Lipinski definition) is 1. The predicted molar refractivity (Wildman–Crippen MR) is 88.1 cm³/mol. The zero-order chi connectivity index (χ0) is 18.2. The molecule has 1 N–H and O–H groups in total. The van der Waals surface area contributed by atoms with Crippen molar-refractivity contribution in [2.24, 2.45) is 0 Å². The van der Waals surface area contributed by atoms with Gasteiger partial charge in [-0.15, -0.1) is 24.5 Å². The van der Waals surface area contributed by atoms with E-state index in [1.165, 1.54) is 23.5 Å². The molecule has 0 bridgehead atoms. The van der Waals surface area contributed by atoms with E-state index in [0.29, 0.717) is 5.69 Å². The van der Waals surface area contributed by atoms with Gasteiger partial charge < -0.3 is 9.84 Å². The number of alkyl halides is 3. The molecular formula is C17H12F3NO3S. The van der Waals surface area contributed by atoms with E-state index in [1.807, 2.05) is 19.1 Å². The molecule has 0 spiro atoms. The summed E-state index contributed by atoms with van der Waals surface area (Å²) < 4.78 is 41.0. The van der Waals surface area contributed by atoms with Crippen molar-refractivity contribution in [1.82, 2.24) is 4.98 Å². The molecule has 1 aromatic carbocycles. The fourth-order valence-corrected chi connectivity index (χ4v) is 3.32. The van der Waals surface area contributed by atoms with Crippen molar-refractivity contribution >= 4 is 28.2 Å². The number of aromatic carboxylic acids is 1. The number of aryl methyl sites for hydroxylation is 1. The summed E-state index contributed by atoms with van der Waals surface area (Å²) in [7, 11) is 0. The predicted octanol–water partition coefficient (Wildman–Crippen LogP) is 5.12. The van der Waals surface area contributed by atoms with Gasteiger partial charge in [0.2, 0.25) is 0 Å².